The lowest BCUT2D eigenvalue weighted by molar-refractivity contribution is -0.120. The number of aryl methyl sites for hydroxylation is 1. The fraction of sp³-hybridized carbons (Fsp3) is 0.118. The van der Waals surface area contributed by atoms with E-state index in [1.165, 1.54) is 0 Å². The Morgan fingerprint density at radius 2 is 2.04 bits per heavy atom. The molecule has 6 nitrogen and oxygen atoms in total. The summed E-state index contributed by atoms with van der Waals surface area (Å²) in [6, 6.07) is 9.71. The minimum Gasteiger partial charge on any atom is -0.368 e. The van der Waals surface area contributed by atoms with Crippen LogP contribution in [-0.2, 0) is 4.79 Å². The molecule has 2 aromatic heterocycles. The Kier molecular flexibility index (Phi) is 4.43. The Balaban J connectivity index is 1.79. The van der Waals surface area contributed by atoms with E-state index in [9.17, 15) is 9.59 Å². The van der Waals surface area contributed by atoms with E-state index in [1.54, 1.807) is 47.9 Å². The molecule has 0 unspecified atom stereocenters. The number of carbonyl (C=O) groups is 2. The van der Waals surface area contributed by atoms with E-state index >= 15 is 0 Å². The van der Waals surface area contributed by atoms with Crippen LogP contribution >= 0.6 is 11.3 Å². The summed E-state index contributed by atoms with van der Waals surface area (Å²) >= 11 is 1.54. The molecule has 7 heteroatoms. The maximum atomic E-state index is 12.4. The first-order chi connectivity index (χ1) is 11.5. The number of thiazole rings is 1. The number of amides is 2. The summed E-state index contributed by atoms with van der Waals surface area (Å²) in [5.74, 6) is -1.02. The lowest BCUT2D eigenvalue weighted by atomic mass is 10.1. The molecule has 3 rings (SSSR count). The second-order valence-electron chi connectivity index (χ2n) is 5.27. The number of nitrogens with two attached hydrogens (primary N) is 1. The molecule has 1 aromatic carbocycles. The van der Waals surface area contributed by atoms with Gasteiger partial charge in [0.15, 0.2) is 0 Å². The van der Waals surface area contributed by atoms with Crippen molar-refractivity contribution < 1.29 is 9.59 Å². The monoisotopic (exact) mass is 340 g/mol. The molecule has 0 radical (unpaired) electrons. The van der Waals surface area contributed by atoms with Gasteiger partial charge in [0.05, 0.1) is 10.7 Å². The summed E-state index contributed by atoms with van der Waals surface area (Å²) in [4.78, 5) is 31.4. The van der Waals surface area contributed by atoms with E-state index in [4.69, 9.17) is 5.73 Å². The zero-order chi connectivity index (χ0) is 17.1. The van der Waals surface area contributed by atoms with Crippen molar-refractivity contribution in [3.8, 4) is 11.3 Å². The molecule has 4 N–H and O–H groups in total. The quantitative estimate of drug-likeness (QED) is 0.665. The maximum Gasteiger partial charge on any atom is 0.268 e. The number of hydrogen-bond donors (Lipinski definition) is 3. The molecule has 2 heterocycles. The minimum atomic E-state index is -0.882. The molecular formula is C17H16N4O2S. The van der Waals surface area contributed by atoms with E-state index in [0.717, 1.165) is 16.3 Å². The summed E-state index contributed by atoms with van der Waals surface area (Å²) in [6.07, 6.45) is 1.71. The molecule has 122 valence electrons. The second kappa shape index (κ2) is 6.67. The molecule has 0 aliphatic heterocycles. The van der Waals surface area contributed by atoms with Crippen LogP contribution in [0.5, 0.6) is 0 Å². The number of aromatic nitrogens is 2. The predicted octanol–water partition coefficient (Wildman–Crippen LogP) is 2.40. The molecule has 3 aromatic rings. The van der Waals surface area contributed by atoms with Gasteiger partial charge in [-0.1, -0.05) is 30.3 Å². The van der Waals surface area contributed by atoms with Gasteiger partial charge in [0.25, 0.3) is 5.91 Å². The topological polar surface area (TPSA) is 101 Å². The van der Waals surface area contributed by atoms with Crippen LogP contribution < -0.4 is 11.1 Å². The highest BCUT2D eigenvalue weighted by atomic mass is 32.1. The number of hydrogen-bond acceptors (Lipinski definition) is 4. The van der Waals surface area contributed by atoms with Crippen LogP contribution in [0.3, 0.4) is 0 Å². The average molecular weight is 340 g/mol. The first-order valence-electron chi connectivity index (χ1n) is 7.30. The summed E-state index contributed by atoms with van der Waals surface area (Å²) in [5, 5.41) is 5.54. The number of aromatic amines is 1. The third-order valence-electron chi connectivity index (χ3n) is 3.54. The molecule has 0 aliphatic rings. The van der Waals surface area contributed by atoms with Crippen molar-refractivity contribution in [3.05, 3.63) is 64.2 Å². The lowest BCUT2D eigenvalue weighted by Gasteiger charge is -2.15. The molecule has 0 fully saturated rings. The van der Waals surface area contributed by atoms with Crippen LogP contribution in [0.15, 0.2) is 48.0 Å². The number of H-pyrrole nitrogens is 1. The average Bonchev–Trinajstić information content (AvgIpc) is 3.21. The summed E-state index contributed by atoms with van der Waals surface area (Å²) in [6.45, 7) is 1.92. The molecule has 2 amide bonds. The summed E-state index contributed by atoms with van der Waals surface area (Å²) < 4.78 is 0. The van der Waals surface area contributed by atoms with Crippen molar-refractivity contribution >= 4 is 23.2 Å². The maximum absolute atomic E-state index is 12.4. The van der Waals surface area contributed by atoms with Gasteiger partial charge in [0.1, 0.15) is 11.7 Å². The molecule has 0 aliphatic carbocycles. The van der Waals surface area contributed by atoms with E-state index in [-0.39, 0.29) is 0 Å². The highest BCUT2D eigenvalue weighted by molar-refractivity contribution is 7.09. The summed E-state index contributed by atoms with van der Waals surface area (Å²) in [5.41, 5.74) is 8.03. The van der Waals surface area contributed by atoms with E-state index in [0.29, 0.717) is 11.3 Å². The first kappa shape index (κ1) is 15.9. The molecule has 0 spiro atoms. The SMILES string of the molecule is Cc1nc(-c2c[nH]c(C(=O)N[C@@H](C(N)=O)c3ccccc3)c2)cs1. The Morgan fingerprint density at radius 3 is 2.67 bits per heavy atom. The van der Waals surface area contributed by atoms with Crippen LogP contribution in [-0.4, -0.2) is 21.8 Å². The highest BCUT2D eigenvalue weighted by Gasteiger charge is 2.21. The Labute approximate surface area is 142 Å². The zero-order valence-corrected chi connectivity index (χ0v) is 13.8. The first-order valence-corrected chi connectivity index (χ1v) is 8.18. The number of primary amides is 1. The summed E-state index contributed by atoms with van der Waals surface area (Å²) in [7, 11) is 0. The number of rotatable bonds is 5. The fourth-order valence-corrected chi connectivity index (χ4v) is 2.96. The largest absolute Gasteiger partial charge is 0.368 e. The van der Waals surface area contributed by atoms with E-state index in [1.807, 2.05) is 18.4 Å². The van der Waals surface area contributed by atoms with Gasteiger partial charge in [0.2, 0.25) is 5.91 Å². The van der Waals surface area contributed by atoms with Crippen LogP contribution in [0, 0.1) is 6.92 Å². The van der Waals surface area contributed by atoms with Gasteiger partial charge in [-0.3, -0.25) is 9.59 Å². The van der Waals surface area contributed by atoms with Gasteiger partial charge in [0, 0.05) is 17.1 Å². The second-order valence-corrected chi connectivity index (χ2v) is 6.34. The van der Waals surface area contributed by atoms with E-state index < -0.39 is 17.9 Å². The van der Waals surface area contributed by atoms with Gasteiger partial charge < -0.3 is 16.0 Å². The molecular weight excluding hydrogens is 324 g/mol. The van der Waals surface area contributed by atoms with Crippen LogP contribution in [0.1, 0.15) is 27.1 Å². The predicted molar refractivity (Wildman–Crippen MR) is 92.5 cm³/mol. The molecule has 0 saturated carbocycles. The molecule has 0 saturated heterocycles. The Hall–Kier alpha value is -2.93. The smallest absolute Gasteiger partial charge is 0.268 e. The van der Waals surface area contributed by atoms with E-state index in [2.05, 4.69) is 15.3 Å². The Bertz CT molecular complexity index is 870. The van der Waals surface area contributed by atoms with Crippen LogP contribution in [0.4, 0.5) is 0 Å². The lowest BCUT2D eigenvalue weighted by Crippen LogP contribution is -2.37. The van der Waals surface area contributed by atoms with Gasteiger partial charge in [-0.15, -0.1) is 11.3 Å². The van der Waals surface area contributed by atoms with Crippen LogP contribution in [0.2, 0.25) is 0 Å². The molecule has 1 atom stereocenters. The third kappa shape index (κ3) is 3.36. The van der Waals surface area contributed by atoms with Crippen molar-refractivity contribution in [1.29, 1.82) is 0 Å². The highest BCUT2D eigenvalue weighted by Crippen LogP contribution is 2.22. The number of carbonyl (C=O) groups excluding carboxylic acids is 2. The minimum absolute atomic E-state index is 0.345. The van der Waals surface area contributed by atoms with Gasteiger partial charge >= 0.3 is 0 Å². The van der Waals surface area contributed by atoms with Crippen LogP contribution in [0.25, 0.3) is 11.3 Å². The van der Waals surface area contributed by atoms with Crippen molar-refractivity contribution in [1.82, 2.24) is 15.3 Å². The van der Waals surface area contributed by atoms with Crippen molar-refractivity contribution in [2.24, 2.45) is 5.73 Å². The fourth-order valence-electron chi connectivity index (χ4n) is 2.34. The van der Waals surface area contributed by atoms with Crippen molar-refractivity contribution in [2.75, 3.05) is 0 Å². The van der Waals surface area contributed by atoms with Gasteiger partial charge in [-0.05, 0) is 18.6 Å². The zero-order valence-electron chi connectivity index (χ0n) is 12.9. The number of benzene rings is 1. The molecule has 24 heavy (non-hydrogen) atoms. The molecule has 0 bridgehead atoms. The Morgan fingerprint density at radius 1 is 1.29 bits per heavy atom. The van der Waals surface area contributed by atoms with Gasteiger partial charge in [-0.2, -0.15) is 0 Å². The van der Waals surface area contributed by atoms with Crippen molar-refractivity contribution in [3.63, 3.8) is 0 Å². The van der Waals surface area contributed by atoms with Gasteiger partial charge in [-0.25, -0.2) is 4.98 Å². The van der Waals surface area contributed by atoms with Crippen molar-refractivity contribution in [2.45, 2.75) is 13.0 Å². The third-order valence-corrected chi connectivity index (χ3v) is 4.31. The number of nitrogens with zero attached hydrogens (tertiary/aromatic N) is 1. The standard InChI is InChI=1S/C17H16N4O2S/c1-10-20-14(9-24-10)12-7-13(19-8-12)17(23)21-15(16(18)22)11-5-3-2-4-6-11/h2-9,15,19H,1H3,(H2,18,22)(H,21,23)/t15-/m1/s1. The normalized spacial score (nSPS) is 11.9. The number of nitrogens with one attached hydrogen (secondary N) is 2.